The molecule has 3 heteroatoms. The molecule has 1 fully saturated rings. The van der Waals surface area contributed by atoms with E-state index < -0.39 is 0 Å². The SMILES string of the molecule is Cc1ccc(-c2cc(C(N)=O)c(C)n2CC2CCCCC2)c(C)c1. The molecule has 1 aliphatic rings. The molecule has 0 saturated heterocycles. The molecule has 2 aromatic rings. The van der Waals surface area contributed by atoms with Crippen molar-refractivity contribution in [3.63, 3.8) is 0 Å². The molecule has 0 atom stereocenters. The molecule has 2 N–H and O–H groups in total. The molecule has 3 nitrogen and oxygen atoms in total. The summed E-state index contributed by atoms with van der Waals surface area (Å²) in [5.41, 5.74) is 12.1. The number of nitrogens with two attached hydrogens (primary N) is 1. The predicted molar refractivity (Wildman–Crippen MR) is 99.2 cm³/mol. The summed E-state index contributed by atoms with van der Waals surface area (Å²) in [5.74, 6) is 0.371. The Kier molecular flexibility index (Phi) is 4.79. The zero-order valence-corrected chi connectivity index (χ0v) is 15.1. The number of rotatable bonds is 4. The number of benzene rings is 1. The largest absolute Gasteiger partial charge is 0.366 e. The van der Waals surface area contributed by atoms with E-state index in [4.69, 9.17) is 5.73 Å². The van der Waals surface area contributed by atoms with Gasteiger partial charge in [-0.25, -0.2) is 0 Å². The van der Waals surface area contributed by atoms with Crippen LogP contribution in [-0.4, -0.2) is 10.5 Å². The van der Waals surface area contributed by atoms with Gasteiger partial charge in [0.05, 0.1) is 5.56 Å². The quantitative estimate of drug-likeness (QED) is 0.866. The fourth-order valence-electron chi connectivity index (χ4n) is 4.08. The van der Waals surface area contributed by atoms with E-state index in [9.17, 15) is 4.79 Å². The standard InChI is InChI=1S/C21H28N2O/c1-14-9-10-18(15(2)11-14)20-12-19(21(22)24)16(3)23(20)13-17-7-5-4-6-8-17/h9-12,17H,4-8,13H2,1-3H3,(H2,22,24). The number of carbonyl (C=O) groups is 1. The molecule has 0 spiro atoms. The number of aromatic nitrogens is 1. The van der Waals surface area contributed by atoms with Crippen molar-refractivity contribution in [3.8, 4) is 11.3 Å². The van der Waals surface area contributed by atoms with Gasteiger partial charge in [0.1, 0.15) is 0 Å². The molecular formula is C21H28N2O. The van der Waals surface area contributed by atoms with Crippen molar-refractivity contribution in [1.82, 2.24) is 4.57 Å². The lowest BCUT2D eigenvalue weighted by Crippen LogP contribution is -2.17. The topological polar surface area (TPSA) is 48.0 Å². The van der Waals surface area contributed by atoms with E-state index in [1.807, 2.05) is 13.0 Å². The molecule has 1 aromatic carbocycles. The zero-order chi connectivity index (χ0) is 17.3. The van der Waals surface area contributed by atoms with Gasteiger partial charge in [-0.05, 0) is 51.2 Å². The van der Waals surface area contributed by atoms with E-state index in [0.29, 0.717) is 11.5 Å². The fourth-order valence-corrected chi connectivity index (χ4v) is 4.08. The third kappa shape index (κ3) is 3.26. The summed E-state index contributed by atoms with van der Waals surface area (Å²) in [4.78, 5) is 11.9. The maximum absolute atomic E-state index is 11.9. The van der Waals surface area contributed by atoms with Gasteiger partial charge in [-0.15, -0.1) is 0 Å². The monoisotopic (exact) mass is 324 g/mol. The first-order valence-electron chi connectivity index (χ1n) is 9.05. The van der Waals surface area contributed by atoms with E-state index in [0.717, 1.165) is 17.9 Å². The van der Waals surface area contributed by atoms with E-state index in [1.54, 1.807) is 0 Å². The Balaban J connectivity index is 2.06. The molecule has 128 valence electrons. The number of primary amides is 1. The molecule has 0 aliphatic heterocycles. The van der Waals surface area contributed by atoms with Crippen molar-refractivity contribution in [3.05, 3.63) is 46.6 Å². The van der Waals surface area contributed by atoms with Crippen LogP contribution in [0.25, 0.3) is 11.3 Å². The summed E-state index contributed by atoms with van der Waals surface area (Å²) in [6.07, 6.45) is 6.59. The molecule has 0 unspecified atom stereocenters. The second kappa shape index (κ2) is 6.84. The van der Waals surface area contributed by atoms with Crippen LogP contribution in [0.2, 0.25) is 0 Å². The van der Waals surface area contributed by atoms with Crippen LogP contribution >= 0.6 is 0 Å². The molecule has 3 rings (SSSR count). The molecule has 0 radical (unpaired) electrons. The van der Waals surface area contributed by atoms with Gasteiger partial charge in [-0.1, -0.05) is 43.0 Å². The van der Waals surface area contributed by atoms with Gasteiger partial charge in [-0.3, -0.25) is 4.79 Å². The number of hydrogen-bond donors (Lipinski definition) is 1. The summed E-state index contributed by atoms with van der Waals surface area (Å²) in [6, 6.07) is 8.49. The summed E-state index contributed by atoms with van der Waals surface area (Å²) in [6.45, 7) is 7.26. The maximum atomic E-state index is 11.9. The minimum Gasteiger partial charge on any atom is -0.366 e. The summed E-state index contributed by atoms with van der Waals surface area (Å²) in [7, 11) is 0. The number of amides is 1. The summed E-state index contributed by atoms with van der Waals surface area (Å²) in [5, 5.41) is 0. The van der Waals surface area contributed by atoms with E-state index in [1.165, 1.54) is 48.8 Å². The molecule has 1 amide bonds. The molecule has 1 heterocycles. The van der Waals surface area contributed by atoms with E-state index >= 15 is 0 Å². The highest BCUT2D eigenvalue weighted by atomic mass is 16.1. The normalized spacial score (nSPS) is 15.6. The van der Waals surface area contributed by atoms with Gasteiger partial charge < -0.3 is 10.3 Å². The van der Waals surface area contributed by atoms with Crippen LogP contribution in [0.4, 0.5) is 0 Å². The Morgan fingerprint density at radius 3 is 2.46 bits per heavy atom. The van der Waals surface area contributed by atoms with Crippen LogP contribution in [0.15, 0.2) is 24.3 Å². The first kappa shape index (κ1) is 16.8. The smallest absolute Gasteiger partial charge is 0.250 e. The zero-order valence-electron chi connectivity index (χ0n) is 15.1. The van der Waals surface area contributed by atoms with Crippen LogP contribution in [0.1, 0.15) is 59.3 Å². The number of aryl methyl sites for hydroxylation is 2. The third-order valence-electron chi connectivity index (χ3n) is 5.46. The lowest BCUT2D eigenvalue weighted by Gasteiger charge is -2.24. The first-order valence-corrected chi connectivity index (χ1v) is 9.05. The molecular weight excluding hydrogens is 296 g/mol. The van der Waals surface area contributed by atoms with Crippen LogP contribution < -0.4 is 5.73 Å². The summed E-state index contributed by atoms with van der Waals surface area (Å²) >= 11 is 0. The molecule has 1 aliphatic carbocycles. The molecule has 1 saturated carbocycles. The third-order valence-corrected chi connectivity index (χ3v) is 5.46. The predicted octanol–water partition coefficient (Wildman–Crippen LogP) is 4.76. The van der Waals surface area contributed by atoms with Crippen molar-refractivity contribution >= 4 is 5.91 Å². The van der Waals surface area contributed by atoms with Crippen molar-refractivity contribution in [2.45, 2.75) is 59.4 Å². The van der Waals surface area contributed by atoms with Crippen molar-refractivity contribution < 1.29 is 4.79 Å². The molecule has 0 bridgehead atoms. The minimum absolute atomic E-state index is 0.332. The van der Waals surface area contributed by atoms with Gasteiger partial charge in [0.25, 0.3) is 5.91 Å². The van der Waals surface area contributed by atoms with E-state index in [-0.39, 0.29) is 5.91 Å². The fraction of sp³-hybridized carbons (Fsp3) is 0.476. The highest BCUT2D eigenvalue weighted by Gasteiger charge is 2.21. The minimum atomic E-state index is -0.332. The van der Waals surface area contributed by atoms with Crippen LogP contribution in [0.3, 0.4) is 0 Å². The van der Waals surface area contributed by atoms with Crippen molar-refractivity contribution in [2.75, 3.05) is 0 Å². The average Bonchev–Trinajstić information content (AvgIpc) is 2.86. The Morgan fingerprint density at radius 2 is 1.83 bits per heavy atom. The van der Waals surface area contributed by atoms with Crippen LogP contribution in [0.5, 0.6) is 0 Å². The van der Waals surface area contributed by atoms with Gasteiger partial charge in [0.15, 0.2) is 0 Å². The number of hydrogen-bond acceptors (Lipinski definition) is 1. The van der Waals surface area contributed by atoms with Gasteiger partial charge in [0.2, 0.25) is 0 Å². The molecule has 24 heavy (non-hydrogen) atoms. The van der Waals surface area contributed by atoms with E-state index in [2.05, 4.69) is 36.6 Å². The maximum Gasteiger partial charge on any atom is 0.250 e. The van der Waals surface area contributed by atoms with Crippen molar-refractivity contribution in [2.24, 2.45) is 11.7 Å². The van der Waals surface area contributed by atoms with Crippen LogP contribution in [-0.2, 0) is 6.54 Å². The Hall–Kier alpha value is -2.03. The lowest BCUT2D eigenvalue weighted by atomic mass is 9.89. The second-order valence-corrected chi connectivity index (χ2v) is 7.33. The number of nitrogens with zero attached hydrogens (tertiary/aromatic N) is 1. The average molecular weight is 324 g/mol. The Morgan fingerprint density at radius 1 is 1.12 bits per heavy atom. The highest BCUT2D eigenvalue weighted by Crippen LogP contribution is 2.32. The van der Waals surface area contributed by atoms with Crippen LogP contribution in [0, 0.1) is 26.7 Å². The van der Waals surface area contributed by atoms with Gasteiger partial charge in [-0.2, -0.15) is 0 Å². The lowest BCUT2D eigenvalue weighted by molar-refractivity contribution is 0.0999. The molecule has 1 aromatic heterocycles. The van der Waals surface area contributed by atoms with Gasteiger partial charge >= 0.3 is 0 Å². The Labute approximate surface area is 144 Å². The number of carbonyl (C=O) groups excluding carboxylic acids is 1. The summed E-state index contributed by atoms with van der Waals surface area (Å²) < 4.78 is 2.33. The first-order chi connectivity index (χ1) is 11.5. The van der Waals surface area contributed by atoms with Crippen molar-refractivity contribution in [1.29, 1.82) is 0 Å². The van der Waals surface area contributed by atoms with Gasteiger partial charge in [0, 0.05) is 23.5 Å². The highest BCUT2D eigenvalue weighted by molar-refractivity contribution is 5.95. The second-order valence-electron chi connectivity index (χ2n) is 7.33. The Bertz CT molecular complexity index is 751.